The van der Waals surface area contributed by atoms with Gasteiger partial charge in [0.1, 0.15) is 11.4 Å². The molecule has 1 aromatic rings. The third kappa shape index (κ3) is 3.58. The lowest BCUT2D eigenvalue weighted by atomic mass is 10.1. The van der Waals surface area contributed by atoms with Crippen molar-refractivity contribution in [3.8, 4) is 5.75 Å². The van der Waals surface area contributed by atoms with Gasteiger partial charge in [-0.2, -0.15) is 0 Å². The average Bonchev–Trinajstić information content (AvgIpc) is 2.25. The first-order valence-electron chi connectivity index (χ1n) is 4.35. The number of pyridine rings is 1. The fraction of sp³-hybridized carbons (Fsp3) is 0.250. The number of nitrogens with zero attached hydrogens (tertiary/aromatic N) is 1. The number of carbonyl (C=O) groups is 1. The smallest absolute Gasteiger partial charge is 0.469 e. The van der Waals surface area contributed by atoms with Crippen LogP contribution in [0.25, 0.3) is 0 Å². The minimum absolute atomic E-state index is 0.0121. The molecule has 1 rings (SSSR count). The van der Waals surface area contributed by atoms with Crippen molar-refractivity contribution >= 4 is 14.1 Å². The van der Waals surface area contributed by atoms with Crippen LogP contribution in [-0.2, 0) is 22.3 Å². The number of hydrogen-bond acceptors (Lipinski definition) is 6. The average molecular weight is 263 g/mol. The largest absolute Gasteiger partial charge is 0.505 e. The van der Waals surface area contributed by atoms with E-state index in [4.69, 9.17) is 14.9 Å². The molecule has 0 aliphatic rings. The van der Waals surface area contributed by atoms with E-state index < -0.39 is 26.8 Å². The van der Waals surface area contributed by atoms with E-state index in [-0.39, 0.29) is 23.1 Å². The van der Waals surface area contributed by atoms with E-state index in [1.165, 1.54) is 0 Å². The van der Waals surface area contributed by atoms with Crippen LogP contribution < -0.4 is 0 Å². The Morgan fingerprint density at radius 1 is 1.47 bits per heavy atom. The molecule has 0 radical (unpaired) electrons. The first-order valence-corrected chi connectivity index (χ1v) is 5.88. The Bertz CT molecular complexity index is 469. The van der Waals surface area contributed by atoms with Crippen molar-refractivity contribution in [2.24, 2.45) is 0 Å². The van der Waals surface area contributed by atoms with E-state index in [1.807, 2.05) is 0 Å². The van der Waals surface area contributed by atoms with Crippen molar-refractivity contribution in [2.75, 3.05) is 0 Å². The summed E-state index contributed by atoms with van der Waals surface area (Å²) in [6.45, 7) is -1.14. The normalized spacial score (nSPS) is 11.5. The Labute approximate surface area is 95.7 Å². The molecular weight excluding hydrogens is 253 g/mol. The number of rotatable bonds is 5. The van der Waals surface area contributed by atoms with Crippen LogP contribution in [0.5, 0.6) is 5.75 Å². The van der Waals surface area contributed by atoms with Gasteiger partial charge in [0.2, 0.25) is 0 Å². The molecule has 9 heteroatoms. The molecule has 0 saturated carbocycles. The van der Waals surface area contributed by atoms with Gasteiger partial charge in [0.25, 0.3) is 0 Å². The van der Waals surface area contributed by atoms with Gasteiger partial charge in [0, 0.05) is 11.8 Å². The standard InChI is InChI=1S/C8H10NO7P/c10-2-6-5(4-16-17(13,14)15)1-9-7(3-11)8(6)12/h1-2,11-12H,3-4H2,(H2,13,14,15). The Kier molecular flexibility index (Phi) is 4.33. The molecule has 1 aromatic heterocycles. The molecule has 0 amide bonds. The van der Waals surface area contributed by atoms with Gasteiger partial charge in [-0.25, -0.2) is 4.57 Å². The zero-order valence-electron chi connectivity index (χ0n) is 8.48. The Hall–Kier alpha value is -1.31. The van der Waals surface area contributed by atoms with Crippen molar-refractivity contribution < 1.29 is 33.9 Å². The second-order valence-corrected chi connectivity index (χ2v) is 4.27. The monoisotopic (exact) mass is 263 g/mol. The van der Waals surface area contributed by atoms with Gasteiger partial charge in [0.05, 0.1) is 18.8 Å². The summed E-state index contributed by atoms with van der Waals surface area (Å²) < 4.78 is 14.7. The lowest BCUT2D eigenvalue weighted by Gasteiger charge is -2.09. The molecule has 0 aliphatic carbocycles. The number of aliphatic hydroxyl groups is 1. The molecule has 94 valence electrons. The van der Waals surface area contributed by atoms with Crippen molar-refractivity contribution in [1.82, 2.24) is 4.98 Å². The predicted molar refractivity (Wildman–Crippen MR) is 54.0 cm³/mol. The summed E-state index contributed by atoms with van der Waals surface area (Å²) in [7, 11) is -4.67. The molecule has 0 bridgehead atoms. The van der Waals surface area contributed by atoms with Gasteiger partial charge < -0.3 is 20.0 Å². The molecule has 8 nitrogen and oxygen atoms in total. The number of phosphoric acid groups is 1. The summed E-state index contributed by atoms with van der Waals surface area (Å²) >= 11 is 0. The topological polar surface area (TPSA) is 137 Å². The number of aldehydes is 1. The van der Waals surface area contributed by atoms with Crippen LogP contribution in [0.15, 0.2) is 6.20 Å². The molecule has 0 saturated heterocycles. The lowest BCUT2D eigenvalue weighted by Crippen LogP contribution is -2.01. The molecule has 17 heavy (non-hydrogen) atoms. The van der Waals surface area contributed by atoms with E-state index in [0.717, 1.165) is 6.20 Å². The molecule has 0 fully saturated rings. The third-order valence-corrected chi connectivity index (χ3v) is 2.37. The van der Waals surface area contributed by atoms with Crippen LogP contribution >= 0.6 is 7.82 Å². The highest BCUT2D eigenvalue weighted by atomic mass is 31.2. The summed E-state index contributed by atoms with van der Waals surface area (Å²) in [4.78, 5) is 31.3. The molecule has 0 unspecified atom stereocenters. The number of hydrogen-bond donors (Lipinski definition) is 4. The second-order valence-electron chi connectivity index (χ2n) is 3.03. The summed E-state index contributed by atoms with van der Waals surface area (Å²) in [5, 5.41) is 18.3. The van der Waals surface area contributed by atoms with E-state index in [9.17, 15) is 14.5 Å². The van der Waals surface area contributed by atoms with E-state index in [2.05, 4.69) is 9.51 Å². The maximum Gasteiger partial charge on any atom is 0.469 e. The number of aromatic hydroxyl groups is 1. The maximum absolute atomic E-state index is 10.7. The van der Waals surface area contributed by atoms with Crippen LogP contribution in [0.1, 0.15) is 21.6 Å². The van der Waals surface area contributed by atoms with Crippen LogP contribution in [0, 0.1) is 0 Å². The van der Waals surface area contributed by atoms with Crippen molar-refractivity contribution in [3.05, 3.63) is 23.0 Å². The molecule has 0 aliphatic heterocycles. The number of phosphoric ester groups is 1. The van der Waals surface area contributed by atoms with Gasteiger partial charge in [-0.05, 0) is 0 Å². The van der Waals surface area contributed by atoms with Crippen LogP contribution in [0.4, 0.5) is 0 Å². The van der Waals surface area contributed by atoms with Crippen molar-refractivity contribution in [3.63, 3.8) is 0 Å². The summed E-state index contributed by atoms with van der Waals surface area (Å²) in [5.41, 5.74) is -0.317. The highest BCUT2D eigenvalue weighted by molar-refractivity contribution is 7.46. The van der Waals surface area contributed by atoms with Crippen LogP contribution in [0.3, 0.4) is 0 Å². The quantitative estimate of drug-likeness (QED) is 0.419. The minimum Gasteiger partial charge on any atom is -0.505 e. The van der Waals surface area contributed by atoms with Crippen molar-refractivity contribution in [1.29, 1.82) is 0 Å². The molecule has 0 atom stereocenters. The van der Waals surface area contributed by atoms with Gasteiger partial charge >= 0.3 is 7.82 Å². The molecular formula is C8H10NO7P. The second kappa shape index (κ2) is 5.35. The van der Waals surface area contributed by atoms with Gasteiger partial charge in [-0.1, -0.05) is 0 Å². The Balaban J connectivity index is 3.05. The summed E-state index contributed by atoms with van der Waals surface area (Å²) in [6.07, 6.45) is 1.37. The van der Waals surface area contributed by atoms with Gasteiger partial charge in [-0.3, -0.25) is 14.3 Å². The fourth-order valence-corrected chi connectivity index (χ4v) is 1.42. The number of aliphatic hydroxyl groups excluding tert-OH is 1. The Morgan fingerprint density at radius 3 is 2.59 bits per heavy atom. The third-order valence-electron chi connectivity index (χ3n) is 1.91. The lowest BCUT2D eigenvalue weighted by molar-refractivity contribution is 0.111. The van der Waals surface area contributed by atoms with Gasteiger partial charge in [0.15, 0.2) is 6.29 Å². The van der Waals surface area contributed by atoms with Crippen molar-refractivity contribution in [2.45, 2.75) is 13.2 Å². The van der Waals surface area contributed by atoms with Crippen LogP contribution in [0.2, 0.25) is 0 Å². The maximum atomic E-state index is 10.7. The zero-order chi connectivity index (χ0) is 13.1. The van der Waals surface area contributed by atoms with E-state index >= 15 is 0 Å². The first kappa shape index (κ1) is 13.8. The molecule has 0 aromatic carbocycles. The minimum atomic E-state index is -4.67. The Morgan fingerprint density at radius 2 is 2.12 bits per heavy atom. The van der Waals surface area contributed by atoms with E-state index in [1.54, 1.807) is 0 Å². The molecule has 1 heterocycles. The first-order chi connectivity index (χ1) is 7.89. The molecule has 0 spiro atoms. The SMILES string of the molecule is O=Cc1c(COP(=O)(O)O)cnc(CO)c1O. The van der Waals surface area contributed by atoms with E-state index in [0.29, 0.717) is 0 Å². The molecule has 4 N–H and O–H groups in total. The van der Waals surface area contributed by atoms with Gasteiger partial charge in [-0.15, -0.1) is 0 Å². The summed E-state index contributed by atoms with van der Waals surface area (Å²) in [5.74, 6) is -0.533. The number of carbonyl (C=O) groups excluding carboxylic acids is 1. The zero-order valence-corrected chi connectivity index (χ0v) is 9.37. The highest BCUT2D eigenvalue weighted by Crippen LogP contribution is 2.37. The fourth-order valence-electron chi connectivity index (χ4n) is 1.11. The summed E-state index contributed by atoms with van der Waals surface area (Å²) in [6, 6.07) is 0. The van der Waals surface area contributed by atoms with Crippen LogP contribution in [-0.4, -0.2) is 31.3 Å². The predicted octanol–water partition coefficient (Wildman–Crippen LogP) is -0.299. The number of aromatic nitrogens is 1. The highest BCUT2D eigenvalue weighted by Gasteiger charge is 2.18.